The summed E-state index contributed by atoms with van der Waals surface area (Å²) in [6.07, 6.45) is 0.784. The Morgan fingerprint density at radius 2 is 2.21 bits per heavy atom. The summed E-state index contributed by atoms with van der Waals surface area (Å²) in [6.45, 7) is 7.26. The molecule has 5 heteroatoms. The van der Waals surface area contributed by atoms with Crippen LogP contribution in [0.15, 0.2) is 5.16 Å². The number of hydrogen-bond acceptors (Lipinski definition) is 4. The predicted molar refractivity (Wildman–Crippen MR) is 56.6 cm³/mol. The van der Waals surface area contributed by atoms with Crippen LogP contribution in [0.5, 0.6) is 0 Å². The molecule has 5 nitrogen and oxygen atoms in total. The highest BCUT2D eigenvalue weighted by Gasteiger charge is 2.14. The lowest BCUT2D eigenvalue weighted by molar-refractivity contribution is 0.125. The molecule has 84 valence electrons. The average Bonchev–Trinajstić information content (AvgIpc) is 2.21. The van der Waals surface area contributed by atoms with Crippen LogP contribution in [0.2, 0.25) is 0 Å². The molecule has 0 amide bonds. The third kappa shape index (κ3) is 5.04. The first-order valence-corrected chi connectivity index (χ1v) is 4.96. The van der Waals surface area contributed by atoms with Crippen molar-refractivity contribution in [2.24, 2.45) is 10.9 Å². The minimum absolute atomic E-state index is 0.0875. The molecule has 0 bridgehead atoms. The van der Waals surface area contributed by atoms with Crippen molar-refractivity contribution < 1.29 is 9.94 Å². The Labute approximate surface area is 85.3 Å². The quantitative estimate of drug-likeness (QED) is 0.244. The van der Waals surface area contributed by atoms with Gasteiger partial charge < -0.3 is 21.0 Å². The molecule has 0 aromatic rings. The van der Waals surface area contributed by atoms with Crippen molar-refractivity contribution in [3.05, 3.63) is 0 Å². The third-order valence-electron chi connectivity index (χ3n) is 1.94. The SMILES string of the molecule is CCOCC(C)NC(CC)C(N)=NO. The predicted octanol–water partition coefficient (Wildman–Crippen LogP) is 0.526. The van der Waals surface area contributed by atoms with Crippen molar-refractivity contribution in [1.29, 1.82) is 0 Å². The molecule has 0 rings (SSSR count). The first kappa shape index (κ1) is 13.2. The van der Waals surface area contributed by atoms with Crippen LogP contribution in [0.4, 0.5) is 0 Å². The molecule has 0 aliphatic rings. The highest BCUT2D eigenvalue weighted by molar-refractivity contribution is 5.85. The van der Waals surface area contributed by atoms with Gasteiger partial charge >= 0.3 is 0 Å². The number of amidine groups is 1. The first-order valence-electron chi connectivity index (χ1n) is 4.96. The molecule has 0 aromatic heterocycles. The van der Waals surface area contributed by atoms with E-state index in [1.54, 1.807) is 0 Å². The summed E-state index contributed by atoms with van der Waals surface area (Å²) in [5, 5.41) is 14.7. The number of ether oxygens (including phenoxy) is 1. The Balaban J connectivity index is 3.92. The van der Waals surface area contributed by atoms with Crippen LogP contribution < -0.4 is 11.1 Å². The zero-order valence-corrected chi connectivity index (χ0v) is 9.16. The Hall–Kier alpha value is -0.810. The fraction of sp³-hybridized carbons (Fsp3) is 0.889. The second-order valence-electron chi connectivity index (χ2n) is 3.21. The van der Waals surface area contributed by atoms with Gasteiger partial charge in [-0.1, -0.05) is 12.1 Å². The van der Waals surface area contributed by atoms with E-state index in [0.29, 0.717) is 13.2 Å². The highest BCUT2D eigenvalue weighted by Crippen LogP contribution is 1.95. The topological polar surface area (TPSA) is 79.9 Å². The summed E-state index contributed by atoms with van der Waals surface area (Å²) in [7, 11) is 0. The molecule has 0 saturated carbocycles. The molecule has 0 fully saturated rings. The summed E-state index contributed by atoms with van der Waals surface area (Å²) in [6, 6.07) is 0.107. The molecular formula is C9H21N3O2. The van der Waals surface area contributed by atoms with Crippen LogP contribution in [0.1, 0.15) is 27.2 Å². The van der Waals surface area contributed by atoms with Crippen molar-refractivity contribution in [3.63, 3.8) is 0 Å². The summed E-state index contributed by atoms with van der Waals surface area (Å²) in [4.78, 5) is 0. The molecule has 4 N–H and O–H groups in total. The first-order chi connectivity index (χ1) is 6.65. The molecule has 0 aliphatic heterocycles. The number of hydrogen-bond donors (Lipinski definition) is 3. The standard InChI is InChI=1S/C9H21N3O2/c1-4-8(9(10)12-13)11-7(3)6-14-5-2/h7-8,11,13H,4-6H2,1-3H3,(H2,10,12). The molecule has 0 radical (unpaired) electrons. The molecule has 0 aliphatic carbocycles. The van der Waals surface area contributed by atoms with Gasteiger partial charge in [0.2, 0.25) is 0 Å². The monoisotopic (exact) mass is 203 g/mol. The van der Waals surface area contributed by atoms with Crippen molar-refractivity contribution in [2.45, 2.75) is 39.3 Å². The van der Waals surface area contributed by atoms with Gasteiger partial charge in [-0.15, -0.1) is 0 Å². The molecule has 0 heterocycles. The summed E-state index contributed by atoms with van der Waals surface area (Å²) in [5.74, 6) is 0.218. The average molecular weight is 203 g/mol. The number of nitrogens with two attached hydrogens (primary N) is 1. The van der Waals surface area contributed by atoms with Gasteiger partial charge in [0.25, 0.3) is 0 Å². The number of nitrogens with zero attached hydrogens (tertiary/aromatic N) is 1. The molecule has 14 heavy (non-hydrogen) atoms. The summed E-state index contributed by atoms with van der Waals surface area (Å²) >= 11 is 0. The molecule has 2 atom stereocenters. The second kappa shape index (κ2) is 7.58. The maximum atomic E-state index is 8.52. The van der Waals surface area contributed by atoms with Crippen molar-refractivity contribution in [3.8, 4) is 0 Å². The van der Waals surface area contributed by atoms with Crippen molar-refractivity contribution in [2.75, 3.05) is 13.2 Å². The van der Waals surface area contributed by atoms with E-state index in [9.17, 15) is 0 Å². The maximum Gasteiger partial charge on any atom is 0.156 e. The molecule has 0 aromatic carbocycles. The van der Waals surface area contributed by atoms with E-state index in [1.165, 1.54) is 0 Å². The maximum absolute atomic E-state index is 8.52. The van der Waals surface area contributed by atoms with Gasteiger partial charge in [0.15, 0.2) is 5.84 Å². The Kier molecular flexibility index (Phi) is 7.14. The van der Waals surface area contributed by atoms with Gasteiger partial charge in [0.05, 0.1) is 12.6 Å². The van der Waals surface area contributed by atoms with E-state index in [0.717, 1.165) is 6.42 Å². The zero-order chi connectivity index (χ0) is 11.0. The van der Waals surface area contributed by atoms with Crippen LogP contribution in [-0.2, 0) is 4.74 Å². The minimum Gasteiger partial charge on any atom is -0.409 e. The van der Waals surface area contributed by atoms with Gasteiger partial charge in [-0.2, -0.15) is 0 Å². The smallest absolute Gasteiger partial charge is 0.156 e. The summed E-state index contributed by atoms with van der Waals surface area (Å²) in [5.41, 5.74) is 5.50. The third-order valence-corrected chi connectivity index (χ3v) is 1.94. The summed E-state index contributed by atoms with van der Waals surface area (Å²) < 4.78 is 5.25. The highest BCUT2D eigenvalue weighted by atomic mass is 16.5. The Bertz CT molecular complexity index is 173. The van der Waals surface area contributed by atoms with Crippen LogP contribution >= 0.6 is 0 Å². The number of oxime groups is 1. The molecule has 0 saturated heterocycles. The lowest BCUT2D eigenvalue weighted by Gasteiger charge is -2.20. The van der Waals surface area contributed by atoms with Gasteiger partial charge in [0.1, 0.15) is 0 Å². The van der Waals surface area contributed by atoms with E-state index in [4.69, 9.17) is 15.7 Å². The fourth-order valence-corrected chi connectivity index (χ4v) is 1.17. The normalized spacial score (nSPS) is 16.6. The van der Waals surface area contributed by atoms with Crippen LogP contribution in [0.25, 0.3) is 0 Å². The number of nitrogens with one attached hydrogen (secondary N) is 1. The zero-order valence-electron chi connectivity index (χ0n) is 9.16. The lowest BCUT2D eigenvalue weighted by atomic mass is 10.2. The Morgan fingerprint density at radius 3 is 2.64 bits per heavy atom. The Morgan fingerprint density at radius 1 is 1.57 bits per heavy atom. The molecule has 0 spiro atoms. The van der Waals surface area contributed by atoms with Gasteiger partial charge in [-0.05, 0) is 20.3 Å². The molecular weight excluding hydrogens is 182 g/mol. The van der Waals surface area contributed by atoms with Gasteiger partial charge in [-0.3, -0.25) is 0 Å². The van der Waals surface area contributed by atoms with E-state index in [1.807, 2.05) is 20.8 Å². The van der Waals surface area contributed by atoms with E-state index in [-0.39, 0.29) is 17.9 Å². The second-order valence-corrected chi connectivity index (χ2v) is 3.21. The van der Waals surface area contributed by atoms with Crippen LogP contribution in [0, 0.1) is 0 Å². The minimum atomic E-state index is -0.0875. The van der Waals surface area contributed by atoms with E-state index >= 15 is 0 Å². The van der Waals surface area contributed by atoms with Gasteiger partial charge in [0, 0.05) is 12.6 Å². The van der Waals surface area contributed by atoms with Gasteiger partial charge in [-0.25, -0.2) is 0 Å². The lowest BCUT2D eigenvalue weighted by Crippen LogP contribution is -2.46. The fourth-order valence-electron chi connectivity index (χ4n) is 1.17. The van der Waals surface area contributed by atoms with Crippen molar-refractivity contribution in [1.82, 2.24) is 5.32 Å². The molecule has 2 unspecified atom stereocenters. The van der Waals surface area contributed by atoms with E-state index in [2.05, 4.69) is 10.5 Å². The largest absolute Gasteiger partial charge is 0.409 e. The van der Waals surface area contributed by atoms with Crippen molar-refractivity contribution >= 4 is 5.84 Å². The number of rotatable bonds is 7. The van der Waals surface area contributed by atoms with Crippen LogP contribution in [0.3, 0.4) is 0 Å². The van der Waals surface area contributed by atoms with Crippen LogP contribution in [-0.4, -0.2) is 36.3 Å². The van der Waals surface area contributed by atoms with E-state index < -0.39 is 0 Å².